The largest absolute Gasteiger partial charge is 0.480 e. The van der Waals surface area contributed by atoms with Crippen molar-refractivity contribution in [2.45, 2.75) is 13.1 Å². The van der Waals surface area contributed by atoms with E-state index in [0.717, 1.165) is 16.8 Å². The van der Waals surface area contributed by atoms with Crippen molar-refractivity contribution in [3.63, 3.8) is 0 Å². The fourth-order valence-electron chi connectivity index (χ4n) is 2.44. The van der Waals surface area contributed by atoms with Crippen LogP contribution in [0.5, 0.6) is 5.88 Å². The maximum Gasteiger partial charge on any atom is 0.259 e. The second-order valence-electron chi connectivity index (χ2n) is 4.75. The lowest BCUT2D eigenvalue weighted by Gasteiger charge is -2.16. The van der Waals surface area contributed by atoms with Gasteiger partial charge in [0.1, 0.15) is 5.56 Å². The number of methoxy groups -OCH3 is 1. The zero-order chi connectivity index (χ0) is 14.1. The third-order valence-electron chi connectivity index (χ3n) is 3.43. The normalized spacial score (nSPS) is 13.2. The second-order valence-corrected chi connectivity index (χ2v) is 4.75. The standard InChI is InChI=1S/C15H15N3O2/c1-20-14-13(3-2-6-17-14)15(19)18-8-10-4-5-12(16)7-11(10)9-18/h2-7H,8-9,16H2,1H3. The number of hydrogen-bond donors (Lipinski definition) is 1. The zero-order valence-corrected chi connectivity index (χ0v) is 11.2. The van der Waals surface area contributed by atoms with Gasteiger partial charge in [-0.15, -0.1) is 0 Å². The molecule has 1 aromatic heterocycles. The number of benzene rings is 1. The maximum atomic E-state index is 12.6. The molecule has 102 valence electrons. The molecule has 2 N–H and O–H groups in total. The third-order valence-corrected chi connectivity index (χ3v) is 3.43. The van der Waals surface area contributed by atoms with Gasteiger partial charge in [0.05, 0.1) is 7.11 Å². The van der Waals surface area contributed by atoms with Crippen LogP contribution in [0.15, 0.2) is 36.5 Å². The fourth-order valence-corrected chi connectivity index (χ4v) is 2.44. The minimum absolute atomic E-state index is 0.0790. The summed E-state index contributed by atoms with van der Waals surface area (Å²) < 4.78 is 5.14. The van der Waals surface area contributed by atoms with E-state index in [1.807, 2.05) is 18.2 Å². The Morgan fingerprint density at radius 1 is 1.30 bits per heavy atom. The van der Waals surface area contributed by atoms with E-state index in [1.54, 1.807) is 23.2 Å². The predicted molar refractivity (Wildman–Crippen MR) is 75.2 cm³/mol. The van der Waals surface area contributed by atoms with E-state index < -0.39 is 0 Å². The molecule has 0 unspecified atom stereocenters. The summed E-state index contributed by atoms with van der Waals surface area (Å²) in [6.07, 6.45) is 1.61. The van der Waals surface area contributed by atoms with Crippen LogP contribution >= 0.6 is 0 Å². The van der Waals surface area contributed by atoms with Gasteiger partial charge in [-0.2, -0.15) is 0 Å². The van der Waals surface area contributed by atoms with Crippen molar-refractivity contribution >= 4 is 11.6 Å². The summed E-state index contributed by atoms with van der Waals surface area (Å²) in [6.45, 7) is 1.16. The summed E-state index contributed by atoms with van der Waals surface area (Å²) in [6, 6.07) is 9.21. The minimum atomic E-state index is -0.0790. The monoisotopic (exact) mass is 269 g/mol. The van der Waals surface area contributed by atoms with Gasteiger partial charge in [0, 0.05) is 25.0 Å². The average molecular weight is 269 g/mol. The molecule has 0 atom stereocenters. The van der Waals surface area contributed by atoms with Gasteiger partial charge >= 0.3 is 0 Å². The average Bonchev–Trinajstić information content (AvgIpc) is 2.89. The molecule has 0 saturated carbocycles. The van der Waals surface area contributed by atoms with Crippen molar-refractivity contribution in [3.05, 3.63) is 53.2 Å². The summed E-state index contributed by atoms with van der Waals surface area (Å²) in [5, 5.41) is 0. The molecule has 0 radical (unpaired) electrons. The van der Waals surface area contributed by atoms with E-state index in [0.29, 0.717) is 24.5 Å². The van der Waals surface area contributed by atoms with Gasteiger partial charge in [0.25, 0.3) is 5.91 Å². The van der Waals surface area contributed by atoms with Crippen molar-refractivity contribution < 1.29 is 9.53 Å². The Labute approximate surface area is 117 Å². The smallest absolute Gasteiger partial charge is 0.259 e. The van der Waals surface area contributed by atoms with Gasteiger partial charge in [0.15, 0.2) is 0 Å². The first kappa shape index (κ1) is 12.5. The van der Waals surface area contributed by atoms with E-state index in [-0.39, 0.29) is 5.91 Å². The highest BCUT2D eigenvalue weighted by Gasteiger charge is 2.26. The first-order valence-electron chi connectivity index (χ1n) is 6.34. The van der Waals surface area contributed by atoms with Crippen LogP contribution in [0.1, 0.15) is 21.5 Å². The lowest BCUT2D eigenvalue weighted by molar-refractivity contribution is 0.0747. The molecule has 2 aromatic rings. The molecule has 0 bridgehead atoms. The Hall–Kier alpha value is -2.56. The number of amides is 1. The first-order valence-corrected chi connectivity index (χ1v) is 6.34. The Bertz CT molecular complexity index is 670. The number of pyridine rings is 1. The van der Waals surface area contributed by atoms with E-state index in [4.69, 9.17) is 10.5 Å². The van der Waals surface area contributed by atoms with Crippen molar-refractivity contribution in [2.24, 2.45) is 0 Å². The van der Waals surface area contributed by atoms with Gasteiger partial charge < -0.3 is 15.4 Å². The van der Waals surface area contributed by atoms with Crippen LogP contribution < -0.4 is 10.5 Å². The van der Waals surface area contributed by atoms with Crippen LogP contribution in [-0.4, -0.2) is 22.9 Å². The number of fused-ring (bicyclic) bond motifs is 1. The van der Waals surface area contributed by atoms with E-state index >= 15 is 0 Å². The lowest BCUT2D eigenvalue weighted by Crippen LogP contribution is -2.25. The molecule has 3 rings (SSSR count). The molecule has 1 aliphatic rings. The molecule has 0 aliphatic carbocycles. The number of carbonyl (C=O) groups excluding carboxylic acids is 1. The summed E-state index contributed by atoms with van der Waals surface area (Å²) >= 11 is 0. The molecule has 2 heterocycles. The predicted octanol–water partition coefficient (Wildman–Crippen LogP) is 1.83. The fraction of sp³-hybridized carbons (Fsp3) is 0.200. The van der Waals surface area contributed by atoms with Crippen LogP contribution in [0.2, 0.25) is 0 Å². The zero-order valence-electron chi connectivity index (χ0n) is 11.2. The van der Waals surface area contributed by atoms with E-state index in [2.05, 4.69) is 4.98 Å². The number of nitrogens with two attached hydrogens (primary N) is 1. The lowest BCUT2D eigenvalue weighted by atomic mass is 10.1. The number of anilines is 1. The molecular formula is C15H15N3O2. The van der Waals surface area contributed by atoms with Gasteiger partial charge in [-0.1, -0.05) is 6.07 Å². The molecule has 1 aliphatic heterocycles. The molecule has 5 nitrogen and oxygen atoms in total. The highest BCUT2D eigenvalue weighted by molar-refractivity contribution is 5.96. The number of aromatic nitrogens is 1. The molecule has 1 amide bonds. The quantitative estimate of drug-likeness (QED) is 0.844. The van der Waals surface area contributed by atoms with Crippen molar-refractivity contribution in [1.82, 2.24) is 9.88 Å². The van der Waals surface area contributed by atoms with Crippen LogP contribution in [0, 0.1) is 0 Å². The summed E-state index contributed by atoms with van der Waals surface area (Å²) in [7, 11) is 1.51. The number of ether oxygens (including phenoxy) is 1. The number of nitrogen functional groups attached to an aromatic ring is 1. The van der Waals surface area contributed by atoms with Crippen molar-refractivity contribution in [2.75, 3.05) is 12.8 Å². The minimum Gasteiger partial charge on any atom is -0.480 e. The topological polar surface area (TPSA) is 68.5 Å². The SMILES string of the molecule is COc1ncccc1C(=O)N1Cc2ccc(N)cc2C1. The first-order chi connectivity index (χ1) is 9.69. The number of rotatable bonds is 2. The molecule has 0 spiro atoms. The molecular weight excluding hydrogens is 254 g/mol. The van der Waals surface area contributed by atoms with Crippen molar-refractivity contribution in [1.29, 1.82) is 0 Å². The van der Waals surface area contributed by atoms with E-state index in [1.165, 1.54) is 7.11 Å². The maximum absolute atomic E-state index is 12.6. The Morgan fingerprint density at radius 3 is 2.90 bits per heavy atom. The van der Waals surface area contributed by atoms with E-state index in [9.17, 15) is 4.79 Å². The summed E-state index contributed by atoms with van der Waals surface area (Å²) in [4.78, 5) is 18.4. The van der Waals surface area contributed by atoms with Crippen molar-refractivity contribution in [3.8, 4) is 5.88 Å². The Morgan fingerprint density at radius 2 is 2.10 bits per heavy atom. The molecule has 0 saturated heterocycles. The molecule has 0 fully saturated rings. The van der Waals surface area contributed by atoms with Crippen LogP contribution in [0.4, 0.5) is 5.69 Å². The second kappa shape index (κ2) is 4.85. The van der Waals surface area contributed by atoms with Gasteiger partial charge in [-0.3, -0.25) is 4.79 Å². The van der Waals surface area contributed by atoms with Crippen LogP contribution in [0.25, 0.3) is 0 Å². The number of nitrogens with zero attached hydrogens (tertiary/aromatic N) is 2. The Balaban J connectivity index is 1.87. The van der Waals surface area contributed by atoms with Gasteiger partial charge in [-0.25, -0.2) is 4.98 Å². The number of hydrogen-bond acceptors (Lipinski definition) is 4. The molecule has 20 heavy (non-hydrogen) atoms. The van der Waals surface area contributed by atoms with Crippen LogP contribution in [0.3, 0.4) is 0 Å². The summed E-state index contributed by atoms with van der Waals surface area (Å²) in [5.74, 6) is 0.276. The van der Waals surface area contributed by atoms with Crippen LogP contribution in [-0.2, 0) is 13.1 Å². The number of carbonyl (C=O) groups is 1. The highest BCUT2D eigenvalue weighted by Crippen LogP contribution is 2.27. The summed E-state index contributed by atoms with van der Waals surface area (Å²) in [5.41, 5.74) is 9.21. The molecule has 1 aromatic carbocycles. The van der Waals surface area contributed by atoms with Gasteiger partial charge in [-0.05, 0) is 35.4 Å². The third kappa shape index (κ3) is 2.07. The van der Waals surface area contributed by atoms with Gasteiger partial charge in [0.2, 0.25) is 5.88 Å². The highest BCUT2D eigenvalue weighted by atomic mass is 16.5. The molecule has 5 heteroatoms. The Kier molecular flexibility index (Phi) is 3.02.